The number of benzene rings is 1. The monoisotopic (exact) mass is 250 g/mol. The van der Waals surface area contributed by atoms with Gasteiger partial charge in [-0.3, -0.25) is 4.90 Å². The minimum absolute atomic E-state index is 0.0901. The highest BCUT2D eigenvalue weighted by atomic mass is 19.1. The molecule has 3 nitrogen and oxygen atoms in total. The maximum Gasteiger partial charge on any atom is 0.124 e. The standard InChI is InChI=1S/C14H19FN2O/c1-2-3-6-17(7-8-18)11-12-4-5-14(15)9-13(12)10-16/h4-5,9,18H,2-3,6-8,11H2,1H3. The van der Waals surface area contributed by atoms with Gasteiger partial charge in [-0.2, -0.15) is 5.26 Å². The third kappa shape index (κ3) is 4.44. The molecule has 0 aromatic heterocycles. The van der Waals surface area contributed by atoms with Crippen molar-refractivity contribution in [3.8, 4) is 6.07 Å². The summed E-state index contributed by atoms with van der Waals surface area (Å²) in [6.45, 7) is 4.22. The molecule has 0 aliphatic carbocycles. The van der Waals surface area contributed by atoms with Crippen LogP contribution in [0.25, 0.3) is 0 Å². The first-order chi connectivity index (χ1) is 8.71. The normalized spacial score (nSPS) is 10.6. The number of nitrogens with zero attached hydrogens (tertiary/aromatic N) is 2. The molecule has 0 heterocycles. The average molecular weight is 250 g/mol. The van der Waals surface area contributed by atoms with Crippen LogP contribution < -0.4 is 0 Å². The second-order valence-electron chi connectivity index (χ2n) is 4.27. The lowest BCUT2D eigenvalue weighted by Gasteiger charge is -2.21. The van der Waals surface area contributed by atoms with Gasteiger partial charge >= 0.3 is 0 Å². The van der Waals surface area contributed by atoms with E-state index in [0.29, 0.717) is 18.7 Å². The fourth-order valence-corrected chi connectivity index (χ4v) is 1.82. The van der Waals surface area contributed by atoms with Gasteiger partial charge in [-0.25, -0.2) is 4.39 Å². The molecule has 0 fully saturated rings. The first-order valence-corrected chi connectivity index (χ1v) is 6.23. The van der Waals surface area contributed by atoms with Crippen LogP contribution >= 0.6 is 0 Å². The van der Waals surface area contributed by atoms with Crippen LogP contribution in [0, 0.1) is 17.1 Å². The van der Waals surface area contributed by atoms with E-state index in [4.69, 9.17) is 10.4 Å². The summed E-state index contributed by atoms with van der Waals surface area (Å²) in [5, 5.41) is 18.0. The summed E-state index contributed by atoms with van der Waals surface area (Å²) >= 11 is 0. The van der Waals surface area contributed by atoms with Crippen molar-refractivity contribution in [2.45, 2.75) is 26.3 Å². The number of rotatable bonds is 7. The molecule has 1 aromatic carbocycles. The quantitative estimate of drug-likeness (QED) is 0.807. The minimum atomic E-state index is -0.391. The number of nitriles is 1. The van der Waals surface area contributed by atoms with E-state index >= 15 is 0 Å². The van der Waals surface area contributed by atoms with Crippen LogP contribution in [0.15, 0.2) is 18.2 Å². The molecular weight excluding hydrogens is 231 g/mol. The van der Waals surface area contributed by atoms with Crippen LogP contribution in [0.1, 0.15) is 30.9 Å². The molecule has 0 saturated heterocycles. The zero-order valence-corrected chi connectivity index (χ0v) is 10.7. The first-order valence-electron chi connectivity index (χ1n) is 6.23. The molecule has 0 aliphatic rings. The predicted octanol–water partition coefficient (Wildman–Crippen LogP) is 2.29. The van der Waals surface area contributed by atoms with E-state index in [-0.39, 0.29) is 6.61 Å². The minimum Gasteiger partial charge on any atom is -0.395 e. The highest BCUT2D eigenvalue weighted by molar-refractivity contribution is 5.37. The fraction of sp³-hybridized carbons (Fsp3) is 0.500. The summed E-state index contributed by atoms with van der Waals surface area (Å²) in [6.07, 6.45) is 2.12. The van der Waals surface area contributed by atoms with Crippen LogP contribution in [0.2, 0.25) is 0 Å². The molecule has 1 rings (SSSR count). The highest BCUT2D eigenvalue weighted by Gasteiger charge is 2.09. The second-order valence-corrected chi connectivity index (χ2v) is 4.27. The van der Waals surface area contributed by atoms with Gasteiger partial charge in [-0.1, -0.05) is 19.4 Å². The molecular formula is C14H19FN2O. The summed E-state index contributed by atoms with van der Waals surface area (Å²) < 4.78 is 13.0. The zero-order valence-electron chi connectivity index (χ0n) is 10.7. The Hall–Kier alpha value is -1.44. The zero-order chi connectivity index (χ0) is 13.4. The van der Waals surface area contributed by atoms with Crippen LogP contribution in [-0.2, 0) is 6.54 Å². The fourth-order valence-electron chi connectivity index (χ4n) is 1.82. The lowest BCUT2D eigenvalue weighted by Crippen LogP contribution is -2.27. The number of unbranched alkanes of at least 4 members (excludes halogenated alkanes) is 1. The summed E-state index contributed by atoms with van der Waals surface area (Å²) in [5.41, 5.74) is 1.18. The number of hydrogen-bond donors (Lipinski definition) is 1. The number of hydrogen-bond acceptors (Lipinski definition) is 3. The molecule has 0 radical (unpaired) electrons. The van der Waals surface area contributed by atoms with Gasteiger partial charge in [0.25, 0.3) is 0 Å². The van der Waals surface area contributed by atoms with Crippen LogP contribution in [0.4, 0.5) is 4.39 Å². The van der Waals surface area contributed by atoms with Gasteiger partial charge in [0.05, 0.1) is 18.2 Å². The maximum absolute atomic E-state index is 13.0. The van der Waals surface area contributed by atoms with E-state index < -0.39 is 5.82 Å². The van der Waals surface area contributed by atoms with E-state index in [9.17, 15) is 4.39 Å². The maximum atomic E-state index is 13.0. The van der Waals surface area contributed by atoms with Gasteiger partial charge in [0.2, 0.25) is 0 Å². The van der Waals surface area contributed by atoms with E-state index in [1.165, 1.54) is 12.1 Å². The van der Waals surface area contributed by atoms with Crippen molar-refractivity contribution in [2.24, 2.45) is 0 Å². The third-order valence-corrected chi connectivity index (χ3v) is 2.83. The SMILES string of the molecule is CCCCN(CCO)Cc1ccc(F)cc1C#N. The second kappa shape index (κ2) is 7.80. The molecule has 0 atom stereocenters. The lowest BCUT2D eigenvalue weighted by molar-refractivity contribution is 0.188. The molecule has 4 heteroatoms. The van der Waals surface area contributed by atoms with Crippen molar-refractivity contribution < 1.29 is 9.50 Å². The summed E-state index contributed by atoms with van der Waals surface area (Å²) in [5.74, 6) is -0.391. The molecule has 1 aromatic rings. The average Bonchev–Trinajstić information content (AvgIpc) is 2.38. The third-order valence-electron chi connectivity index (χ3n) is 2.83. The van der Waals surface area contributed by atoms with Gasteiger partial charge in [0, 0.05) is 13.1 Å². The van der Waals surface area contributed by atoms with Crippen molar-refractivity contribution in [1.29, 1.82) is 5.26 Å². The van der Waals surface area contributed by atoms with Gasteiger partial charge in [-0.05, 0) is 30.7 Å². The molecule has 0 saturated carbocycles. The molecule has 18 heavy (non-hydrogen) atoms. The Kier molecular flexibility index (Phi) is 6.34. The highest BCUT2D eigenvalue weighted by Crippen LogP contribution is 2.13. The van der Waals surface area contributed by atoms with Crippen LogP contribution in [0.3, 0.4) is 0 Å². The van der Waals surface area contributed by atoms with E-state index in [1.54, 1.807) is 6.07 Å². The Balaban J connectivity index is 2.76. The van der Waals surface area contributed by atoms with Crippen molar-refractivity contribution in [2.75, 3.05) is 19.7 Å². The van der Waals surface area contributed by atoms with E-state index in [0.717, 1.165) is 24.9 Å². The molecule has 0 spiro atoms. The Bertz CT molecular complexity index is 415. The van der Waals surface area contributed by atoms with E-state index in [1.807, 2.05) is 6.07 Å². The summed E-state index contributed by atoms with van der Waals surface area (Å²) in [7, 11) is 0. The molecule has 0 unspecified atom stereocenters. The van der Waals surface area contributed by atoms with Crippen LogP contribution in [0.5, 0.6) is 0 Å². The molecule has 0 aliphatic heterocycles. The molecule has 0 bridgehead atoms. The molecule has 0 amide bonds. The van der Waals surface area contributed by atoms with Crippen LogP contribution in [-0.4, -0.2) is 29.7 Å². The lowest BCUT2D eigenvalue weighted by atomic mass is 10.1. The molecule has 1 N–H and O–H groups in total. The van der Waals surface area contributed by atoms with E-state index in [2.05, 4.69) is 11.8 Å². The van der Waals surface area contributed by atoms with Crippen molar-refractivity contribution >= 4 is 0 Å². The smallest absolute Gasteiger partial charge is 0.124 e. The predicted molar refractivity (Wildman–Crippen MR) is 68.4 cm³/mol. The molecule has 98 valence electrons. The first kappa shape index (κ1) is 14.6. The van der Waals surface area contributed by atoms with Gasteiger partial charge < -0.3 is 5.11 Å². The summed E-state index contributed by atoms with van der Waals surface area (Å²) in [6, 6.07) is 6.28. The largest absolute Gasteiger partial charge is 0.395 e. The summed E-state index contributed by atoms with van der Waals surface area (Å²) in [4.78, 5) is 2.08. The van der Waals surface area contributed by atoms with Crippen molar-refractivity contribution in [3.05, 3.63) is 35.1 Å². The Labute approximate surface area is 107 Å². The van der Waals surface area contributed by atoms with Crippen molar-refractivity contribution in [1.82, 2.24) is 4.90 Å². The van der Waals surface area contributed by atoms with Gasteiger partial charge in [0.15, 0.2) is 0 Å². The van der Waals surface area contributed by atoms with Gasteiger partial charge in [0.1, 0.15) is 5.82 Å². The Morgan fingerprint density at radius 2 is 2.17 bits per heavy atom. The number of aliphatic hydroxyl groups is 1. The Morgan fingerprint density at radius 3 is 2.78 bits per heavy atom. The number of aliphatic hydroxyl groups excluding tert-OH is 1. The van der Waals surface area contributed by atoms with Crippen molar-refractivity contribution in [3.63, 3.8) is 0 Å². The van der Waals surface area contributed by atoms with Gasteiger partial charge in [-0.15, -0.1) is 0 Å². The topological polar surface area (TPSA) is 47.3 Å². The Morgan fingerprint density at radius 1 is 1.39 bits per heavy atom. The number of halogens is 1.